The summed E-state index contributed by atoms with van der Waals surface area (Å²) in [5, 5.41) is 14.2. The van der Waals surface area contributed by atoms with E-state index >= 15 is 0 Å². The molecule has 0 saturated heterocycles. The van der Waals surface area contributed by atoms with Crippen LogP contribution in [-0.2, 0) is 12.8 Å². The van der Waals surface area contributed by atoms with Crippen molar-refractivity contribution in [1.82, 2.24) is 15.5 Å². The standard InChI is InChI=1S/C16H23N3OS/c1-16(2,3)17-9-8-14-18-19-15(21-14)11-12-6-5-7-13(10-12)20-4/h5-7,10,17H,8-9,11H2,1-4H3. The monoisotopic (exact) mass is 305 g/mol. The van der Waals surface area contributed by atoms with Crippen LogP contribution in [-0.4, -0.2) is 29.4 Å². The molecule has 2 rings (SSSR count). The molecule has 1 aromatic carbocycles. The summed E-state index contributed by atoms with van der Waals surface area (Å²) < 4.78 is 5.24. The molecule has 1 heterocycles. The molecule has 0 amide bonds. The van der Waals surface area contributed by atoms with Crippen molar-refractivity contribution in [3.05, 3.63) is 39.8 Å². The van der Waals surface area contributed by atoms with E-state index in [-0.39, 0.29) is 5.54 Å². The van der Waals surface area contributed by atoms with E-state index in [1.54, 1.807) is 18.4 Å². The third kappa shape index (κ3) is 5.44. The average molecular weight is 305 g/mol. The van der Waals surface area contributed by atoms with E-state index in [1.807, 2.05) is 18.2 Å². The van der Waals surface area contributed by atoms with E-state index in [9.17, 15) is 0 Å². The lowest BCUT2D eigenvalue weighted by atomic mass is 10.1. The van der Waals surface area contributed by atoms with Crippen molar-refractivity contribution in [2.45, 2.75) is 39.2 Å². The minimum atomic E-state index is 0.147. The largest absolute Gasteiger partial charge is 0.497 e. The predicted molar refractivity (Wildman–Crippen MR) is 87.2 cm³/mol. The van der Waals surface area contributed by atoms with Crippen molar-refractivity contribution < 1.29 is 4.74 Å². The third-order valence-corrected chi connectivity index (χ3v) is 3.98. The number of nitrogens with one attached hydrogen (secondary N) is 1. The Kier molecular flexibility index (Phi) is 5.31. The third-order valence-electron chi connectivity index (χ3n) is 2.99. The Labute approximate surface area is 130 Å². The molecule has 0 atom stereocenters. The minimum absolute atomic E-state index is 0.147. The summed E-state index contributed by atoms with van der Waals surface area (Å²) in [4.78, 5) is 0. The zero-order valence-corrected chi connectivity index (χ0v) is 14.0. The Morgan fingerprint density at radius 3 is 2.67 bits per heavy atom. The molecule has 0 aliphatic carbocycles. The summed E-state index contributed by atoms with van der Waals surface area (Å²) in [5.74, 6) is 0.881. The lowest BCUT2D eigenvalue weighted by molar-refractivity contribution is 0.414. The molecule has 1 aromatic heterocycles. The second kappa shape index (κ2) is 7.00. The molecule has 5 heteroatoms. The Hall–Kier alpha value is -1.46. The quantitative estimate of drug-likeness (QED) is 0.891. The van der Waals surface area contributed by atoms with Crippen LogP contribution in [0.25, 0.3) is 0 Å². The van der Waals surface area contributed by atoms with Gasteiger partial charge in [-0.25, -0.2) is 0 Å². The maximum Gasteiger partial charge on any atom is 0.121 e. The molecule has 0 aliphatic rings. The van der Waals surface area contributed by atoms with Crippen LogP contribution >= 0.6 is 11.3 Å². The van der Waals surface area contributed by atoms with E-state index < -0.39 is 0 Å². The number of rotatable bonds is 6. The van der Waals surface area contributed by atoms with Gasteiger partial charge in [0.25, 0.3) is 0 Å². The fourth-order valence-electron chi connectivity index (χ4n) is 1.96. The molecule has 4 nitrogen and oxygen atoms in total. The van der Waals surface area contributed by atoms with Gasteiger partial charge in [0.2, 0.25) is 0 Å². The minimum Gasteiger partial charge on any atom is -0.497 e. The highest BCUT2D eigenvalue weighted by molar-refractivity contribution is 7.11. The van der Waals surface area contributed by atoms with Crippen LogP contribution in [0, 0.1) is 0 Å². The van der Waals surface area contributed by atoms with E-state index in [0.29, 0.717) is 0 Å². The summed E-state index contributed by atoms with van der Waals surface area (Å²) in [6.07, 6.45) is 1.73. The molecule has 0 saturated carbocycles. The number of nitrogens with zero attached hydrogens (tertiary/aromatic N) is 2. The first-order chi connectivity index (χ1) is 9.96. The van der Waals surface area contributed by atoms with E-state index in [4.69, 9.17) is 4.74 Å². The molecule has 1 N–H and O–H groups in total. The van der Waals surface area contributed by atoms with Crippen molar-refractivity contribution >= 4 is 11.3 Å². The summed E-state index contributed by atoms with van der Waals surface area (Å²) in [6, 6.07) is 8.09. The van der Waals surface area contributed by atoms with Gasteiger partial charge in [-0.1, -0.05) is 12.1 Å². The molecule has 2 aromatic rings. The molecule has 0 unspecified atom stereocenters. The number of benzene rings is 1. The molecule has 114 valence electrons. The van der Waals surface area contributed by atoms with E-state index in [0.717, 1.165) is 35.2 Å². The molecule has 21 heavy (non-hydrogen) atoms. The Morgan fingerprint density at radius 1 is 1.19 bits per heavy atom. The highest BCUT2D eigenvalue weighted by Gasteiger charge is 2.10. The van der Waals surface area contributed by atoms with Gasteiger partial charge < -0.3 is 10.1 Å². The van der Waals surface area contributed by atoms with E-state index in [2.05, 4.69) is 42.4 Å². The average Bonchev–Trinajstić information content (AvgIpc) is 2.85. The first-order valence-corrected chi connectivity index (χ1v) is 7.97. The smallest absolute Gasteiger partial charge is 0.121 e. The van der Waals surface area contributed by atoms with Gasteiger partial charge in [-0.15, -0.1) is 21.5 Å². The van der Waals surface area contributed by atoms with Crippen molar-refractivity contribution in [2.24, 2.45) is 0 Å². The molecule has 0 radical (unpaired) electrons. The number of hydrogen-bond acceptors (Lipinski definition) is 5. The van der Waals surface area contributed by atoms with Crippen LogP contribution in [0.4, 0.5) is 0 Å². The molecule has 0 bridgehead atoms. The van der Waals surface area contributed by atoms with Gasteiger partial charge >= 0.3 is 0 Å². The topological polar surface area (TPSA) is 47.0 Å². The second-order valence-corrected chi connectivity index (χ2v) is 7.19. The Bertz CT molecular complexity index is 575. The number of aromatic nitrogens is 2. The maximum absolute atomic E-state index is 5.24. The first kappa shape index (κ1) is 15.9. The van der Waals surface area contributed by atoms with Crippen LogP contribution in [0.1, 0.15) is 36.3 Å². The van der Waals surface area contributed by atoms with Crippen molar-refractivity contribution in [2.75, 3.05) is 13.7 Å². The van der Waals surface area contributed by atoms with Crippen LogP contribution in [0.15, 0.2) is 24.3 Å². The molecular weight excluding hydrogens is 282 g/mol. The van der Waals surface area contributed by atoms with Crippen molar-refractivity contribution in [3.8, 4) is 5.75 Å². The van der Waals surface area contributed by atoms with Crippen LogP contribution in [0.2, 0.25) is 0 Å². The first-order valence-electron chi connectivity index (χ1n) is 7.15. The van der Waals surface area contributed by atoms with Crippen LogP contribution in [0.3, 0.4) is 0 Å². The van der Waals surface area contributed by atoms with E-state index in [1.165, 1.54) is 5.56 Å². The zero-order chi connectivity index (χ0) is 15.3. The molecule has 0 fully saturated rings. The van der Waals surface area contributed by atoms with Gasteiger partial charge in [0.15, 0.2) is 0 Å². The number of hydrogen-bond donors (Lipinski definition) is 1. The van der Waals surface area contributed by atoms with Gasteiger partial charge in [-0.05, 0) is 38.5 Å². The second-order valence-electron chi connectivity index (χ2n) is 6.04. The summed E-state index contributed by atoms with van der Waals surface area (Å²) in [5.41, 5.74) is 1.35. The van der Waals surface area contributed by atoms with Crippen molar-refractivity contribution in [1.29, 1.82) is 0 Å². The summed E-state index contributed by atoms with van der Waals surface area (Å²) >= 11 is 1.69. The lowest BCUT2D eigenvalue weighted by Crippen LogP contribution is -2.37. The highest BCUT2D eigenvalue weighted by Crippen LogP contribution is 2.18. The Balaban J connectivity index is 1.90. The van der Waals surface area contributed by atoms with Gasteiger partial charge in [0, 0.05) is 24.9 Å². The number of ether oxygens (including phenoxy) is 1. The highest BCUT2D eigenvalue weighted by atomic mass is 32.1. The summed E-state index contributed by atoms with van der Waals surface area (Å²) in [6.45, 7) is 7.43. The van der Waals surface area contributed by atoms with Crippen LogP contribution < -0.4 is 10.1 Å². The number of methoxy groups -OCH3 is 1. The van der Waals surface area contributed by atoms with Crippen molar-refractivity contribution in [3.63, 3.8) is 0 Å². The van der Waals surface area contributed by atoms with Gasteiger partial charge in [-0.3, -0.25) is 0 Å². The van der Waals surface area contributed by atoms with Gasteiger partial charge in [0.05, 0.1) is 7.11 Å². The fraction of sp³-hybridized carbons (Fsp3) is 0.500. The lowest BCUT2D eigenvalue weighted by Gasteiger charge is -2.19. The maximum atomic E-state index is 5.24. The summed E-state index contributed by atoms with van der Waals surface area (Å²) in [7, 11) is 1.68. The zero-order valence-electron chi connectivity index (χ0n) is 13.1. The van der Waals surface area contributed by atoms with Crippen LogP contribution in [0.5, 0.6) is 5.75 Å². The molecule has 0 aliphatic heterocycles. The molecule has 0 spiro atoms. The fourth-order valence-corrected chi connectivity index (χ4v) is 2.84. The van der Waals surface area contributed by atoms with Gasteiger partial charge in [0.1, 0.15) is 15.8 Å². The molecular formula is C16H23N3OS. The Morgan fingerprint density at radius 2 is 1.95 bits per heavy atom. The predicted octanol–water partition coefficient (Wildman–Crippen LogP) is 3.07. The normalized spacial score (nSPS) is 11.6. The SMILES string of the molecule is COc1cccc(Cc2nnc(CCNC(C)(C)C)s2)c1. The van der Waals surface area contributed by atoms with Gasteiger partial charge in [-0.2, -0.15) is 0 Å².